The minimum absolute atomic E-state index is 0.428. The Labute approximate surface area is 156 Å². The summed E-state index contributed by atoms with van der Waals surface area (Å²) in [6.07, 6.45) is 7.34. The largest absolute Gasteiger partial charge is 0.332 e. The standard InChI is InChI=1S/C21H28N2O2S/c24-26(25,21-10-9-18-7-3-4-8-19(18)17-21)23-15-11-20(12-16-23)22-13-5-1-2-6-14-22/h3-4,7-10,17,20H,1-2,5-6,11-16H2/p+1. The van der Waals surface area contributed by atoms with Crippen LogP contribution in [-0.4, -0.2) is 44.9 Å². The summed E-state index contributed by atoms with van der Waals surface area (Å²) in [7, 11) is -3.39. The highest BCUT2D eigenvalue weighted by Crippen LogP contribution is 2.24. The lowest BCUT2D eigenvalue weighted by Crippen LogP contribution is -3.16. The van der Waals surface area contributed by atoms with Gasteiger partial charge in [0.2, 0.25) is 10.0 Å². The van der Waals surface area contributed by atoms with E-state index in [1.807, 2.05) is 36.4 Å². The predicted molar refractivity (Wildman–Crippen MR) is 105 cm³/mol. The molecule has 0 atom stereocenters. The summed E-state index contributed by atoms with van der Waals surface area (Å²) in [4.78, 5) is 2.14. The molecule has 140 valence electrons. The first kappa shape index (κ1) is 18.0. The molecule has 0 amide bonds. The summed E-state index contributed by atoms with van der Waals surface area (Å²) in [5.74, 6) is 0. The highest BCUT2D eigenvalue weighted by molar-refractivity contribution is 7.89. The molecule has 2 aromatic rings. The molecular formula is C21H29N2O2S+. The van der Waals surface area contributed by atoms with Gasteiger partial charge in [-0.25, -0.2) is 8.42 Å². The first-order chi connectivity index (χ1) is 12.6. The van der Waals surface area contributed by atoms with Gasteiger partial charge in [-0.3, -0.25) is 0 Å². The maximum absolute atomic E-state index is 13.1. The number of piperidine rings is 1. The van der Waals surface area contributed by atoms with Gasteiger partial charge in [0.05, 0.1) is 24.0 Å². The van der Waals surface area contributed by atoms with Gasteiger partial charge in [0, 0.05) is 25.9 Å². The van der Waals surface area contributed by atoms with Crippen molar-refractivity contribution in [3.63, 3.8) is 0 Å². The molecule has 0 bridgehead atoms. The number of quaternary nitrogens is 1. The molecule has 2 aliphatic heterocycles. The maximum Gasteiger partial charge on any atom is 0.243 e. The van der Waals surface area contributed by atoms with E-state index in [-0.39, 0.29) is 0 Å². The molecule has 2 fully saturated rings. The molecule has 5 heteroatoms. The number of nitrogens with one attached hydrogen (secondary N) is 1. The van der Waals surface area contributed by atoms with Crippen molar-refractivity contribution in [2.24, 2.45) is 0 Å². The second kappa shape index (κ2) is 7.67. The van der Waals surface area contributed by atoms with E-state index in [1.54, 1.807) is 15.3 Å². The van der Waals surface area contributed by atoms with E-state index in [2.05, 4.69) is 0 Å². The molecule has 2 aromatic carbocycles. The molecule has 2 heterocycles. The predicted octanol–water partition coefficient (Wildman–Crippen LogP) is 2.45. The number of nitrogens with zero attached hydrogens (tertiary/aromatic N) is 1. The molecule has 0 spiro atoms. The second-order valence-corrected chi connectivity index (χ2v) is 9.70. The molecule has 26 heavy (non-hydrogen) atoms. The van der Waals surface area contributed by atoms with Gasteiger partial charge >= 0.3 is 0 Å². The molecule has 0 aromatic heterocycles. The van der Waals surface area contributed by atoms with Crippen LogP contribution in [0.5, 0.6) is 0 Å². The fourth-order valence-electron chi connectivity index (χ4n) is 4.57. The Bertz CT molecular complexity index is 849. The summed E-state index contributed by atoms with van der Waals surface area (Å²) in [5.41, 5.74) is 0. The molecule has 2 saturated heterocycles. The van der Waals surface area contributed by atoms with E-state index in [1.165, 1.54) is 38.8 Å². The van der Waals surface area contributed by atoms with Crippen LogP contribution in [0.3, 0.4) is 0 Å². The van der Waals surface area contributed by atoms with Crippen molar-refractivity contribution in [3.05, 3.63) is 42.5 Å². The SMILES string of the molecule is O=S(=O)(c1ccc2ccccc2c1)N1CCC([NH+]2CCCCCC2)CC1. The molecule has 0 unspecified atom stereocenters. The van der Waals surface area contributed by atoms with Gasteiger partial charge in [0.15, 0.2) is 0 Å². The van der Waals surface area contributed by atoms with Gasteiger partial charge in [-0.05, 0) is 48.6 Å². The van der Waals surface area contributed by atoms with E-state index in [4.69, 9.17) is 0 Å². The van der Waals surface area contributed by atoms with Crippen LogP contribution in [0.2, 0.25) is 0 Å². The molecule has 1 N–H and O–H groups in total. The van der Waals surface area contributed by atoms with Crippen molar-refractivity contribution in [2.45, 2.75) is 49.5 Å². The number of benzene rings is 2. The molecule has 4 nitrogen and oxygen atoms in total. The third-order valence-corrected chi connectivity index (χ3v) is 8.03. The number of hydrogen-bond donors (Lipinski definition) is 1. The first-order valence-electron chi connectivity index (χ1n) is 9.98. The number of likely N-dealkylation sites (tertiary alicyclic amines) is 1. The lowest BCUT2D eigenvalue weighted by Gasteiger charge is -2.35. The minimum Gasteiger partial charge on any atom is -0.332 e. The van der Waals surface area contributed by atoms with Gasteiger partial charge in [-0.15, -0.1) is 0 Å². The van der Waals surface area contributed by atoms with Crippen LogP contribution in [-0.2, 0) is 10.0 Å². The minimum atomic E-state index is -3.39. The van der Waals surface area contributed by atoms with Gasteiger partial charge < -0.3 is 4.90 Å². The highest BCUT2D eigenvalue weighted by Gasteiger charge is 2.33. The number of rotatable bonds is 3. The van der Waals surface area contributed by atoms with Crippen LogP contribution in [0, 0.1) is 0 Å². The number of hydrogen-bond acceptors (Lipinski definition) is 2. The monoisotopic (exact) mass is 373 g/mol. The summed E-state index contributed by atoms with van der Waals surface area (Å²) in [6, 6.07) is 14.0. The zero-order valence-electron chi connectivity index (χ0n) is 15.4. The Morgan fingerprint density at radius 1 is 0.846 bits per heavy atom. The van der Waals surface area contributed by atoms with Crippen molar-refractivity contribution in [1.82, 2.24) is 4.31 Å². The first-order valence-corrected chi connectivity index (χ1v) is 11.4. The van der Waals surface area contributed by atoms with Crippen LogP contribution >= 0.6 is 0 Å². The molecular weight excluding hydrogens is 344 g/mol. The van der Waals surface area contributed by atoms with Gasteiger partial charge in [-0.2, -0.15) is 4.31 Å². The van der Waals surface area contributed by atoms with Crippen molar-refractivity contribution < 1.29 is 13.3 Å². The van der Waals surface area contributed by atoms with Crippen LogP contribution < -0.4 is 4.90 Å². The fourth-order valence-corrected chi connectivity index (χ4v) is 6.08. The van der Waals surface area contributed by atoms with Crippen molar-refractivity contribution in [1.29, 1.82) is 0 Å². The van der Waals surface area contributed by atoms with E-state index in [0.29, 0.717) is 24.0 Å². The molecule has 0 saturated carbocycles. The third kappa shape index (κ3) is 3.66. The maximum atomic E-state index is 13.1. The highest BCUT2D eigenvalue weighted by atomic mass is 32.2. The lowest BCUT2D eigenvalue weighted by molar-refractivity contribution is -0.926. The van der Waals surface area contributed by atoms with E-state index in [0.717, 1.165) is 23.6 Å². The van der Waals surface area contributed by atoms with Gasteiger partial charge in [0.25, 0.3) is 0 Å². The fraction of sp³-hybridized carbons (Fsp3) is 0.524. The second-order valence-electron chi connectivity index (χ2n) is 7.76. The summed E-state index contributed by atoms with van der Waals surface area (Å²) in [6.45, 7) is 3.84. The lowest BCUT2D eigenvalue weighted by atomic mass is 10.0. The van der Waals surface area contributed by atoms with Gasteiger partial charge in [-0.1, -0.05) is 30.3 Å². The smallest absolute Gasteiger partial charge is 0.243 e. The Morgan fingerprint density at radius 3 is 2.19 bits per heavy atom. The average Bonchev–Trinajstić information content (AvgIpc) is 2.97. The quantitative estimate of drug-likeness (QED) is 0.898. The zero-order valence-corrected chi connectivity index (χ0v) is 16.2. The molecule has 2 aliphatic rings. The number of sulfonamides is 1. The Balaban J connectivity index is 1.46. The molecule has 0 aliphatic carbocycles. The van der Waals surface area contributed by atoms with Crippen LogP contribution in [0.25, 0.3) is 10.8 Å². The van der Waals surface area contributed by atoms with Crippen LogP contribution in [0.1, 0.15) is 38.5 Å². The Hall–Kier alpha value is -1.43. The molecule has 0 radical (unpaired) electrons. The summed E-state index contributed by atoms with van der Waals surface area (Å²) < 4.78 is 27.9. The van der Waals surface area contributed by atoms with E-state index >= 15 is 0 Å². The Morgan fingerprint density at radius 2 is 1.50 bits per heavy atom. The van der Waals surface area contributed by atoms with Crippen molar-refractivity contribution in [2.75, 3.05) is 26.2 Å². The van der Waals surface area contributed by atoms with Crippen molar-refractivity contribution in [3.8, 4) is 0 Å². The van der Waals surface area contributed by atoms with Crippen molar-refractivity contribution >= 4 is 20.8 Å². The normalized spacial score (nSPS) is 21.7. The molecule has 4 rings (SSSR count). The topological polar surface area (TPSA) is 41.8 Å². The van der Waals surface area contributed by atoms with E-state index < -0.39 is 10.0 Å². The number of fused-ring (bicyclic) bond motifs is 1. The summed E-state index contributed by atoms with van der Waals surface area (Å²) in [5, 5.41) is 2.06. The van der Waals surface area contributed by atoms with E-state index in [9.17, 15) is 8.42 Å². The summed E-state index contributed by atoms with van der Waals surface area (Å²) >= 11 is 0. The van der Waals surface area contributed by atoms with Gasteiger partial charge in [0.1, 0.15) is 0 Å². The zero-order chi connectivity index (χ0) is 18.0. The van der Waals surface area contributed by atoms with Crippen LogP contribution in [0.4, 0.5) is 0 Å². The third-order valence-electron chi connectivity index (χ3n) is 6.14. The Kier molecular flexibility index (Phi) is 5.30. The average molecular weight is 374 g/mol. The van der Waals surface area contributed by atoms with Crippen LogP contribution in [0.15, 0.2) is 47.4 Å².